The molecule has 0 radical (unpaired) electrons. The first-order valence-electron chi connectivity index (χ1n) is 8.08. The summed E-state index contributed by atoms with van der Waals surface area (Å²) in [6.07, 6.45) is 11.7. The molecule has 4 rings (SSSR count). The summed E-state index contributed by atoms with van der Waals surface area (Å²) in [4.78, 5) is 12.6. The Morgan fingerprint density at radius 2 is 2.23 bits per heavy atom. The van der Waals surface area contributed by atoms with Crippen molar-refractivity contribution in [3.05, 3.63) is 41.0 Å². The molecule has 3 aliphatic carbocycles. The SMILES string of the molecule is C#CC1=CC[C@H]2[C@@H]3CC(=O)c4cc(O)ccc4[C@H]3CC[C@]12C. The van der Waals surface area contributed by atoms with Crippen LogP contribution < -0.4 is 0 Å². The Labute approximate surface area is 131 Å². The van der Waals surface area contributed by atoms with E-state index in [1.807, 2.05) is 6.07 Å². The molecule has 0 bridgehead atoms. The van der Waals surface area contributed by atoms with Gasteiger partial charge in [0.15, 0.2) is 5.78 Å². The van der Waals surface area contributed by atoms with E-state index in [4.69, 9.17) is 6.42 Å². The molecule has 0 heterocycles. The summed E-state index contributed by atoms with van der Waals surface area (Å²) >= 11 is 0. The number of Topliss-reactive ketones (excluding diaryl/α,β-unsaturated/α-hetero) is 1. The van der Waals surface area contributed by atoms with Gasteiger partial charge in [-0.05, 0) is 54.7 Å². The van der Waals surface area contributed by atoms with Gasteiger partial charge in [-0.15, -0.1) is 6.42 Å². The second-order valence-corrected chi connectivity index (χ2v) is 7.23. The van der Waals surface area contributed by atoms with E-state index in [9.17, 15) is 9.90 Å². The van der Waals surface area contributed by atoms with Crippen molar-refractivity contribution in [1.29, 1.82) is 0 Å². The molecular formula is C20H20O2. The molecule has 4 atom stereocenters. The number of rotatable bonds is 0. The normalized spacial score (nSPS) is 35.9. The molecule has 1 N–H and O–H groups in total. The molecule has 2 nitrogen and oxygen atoms in total. The lowest BCUT2D eigenvalue weighted by Crippen LogP contribution is -2.42. The number of benzene rings is 1. The van der Waals surface area contributed by atoms with Crippen molar-refractivity contribution in [2.24, 2.45) is 17.3 Å². The van der Waals surface area contributed by atoms with Crippen LogP contribution in [-0.2, 0) is 0 Å². The predicted molar refractivity (Wildman–Crippen MR) is 85.6 cm³/mol. The zero-order valence-corrected chi connectivity index (χ0v) is 12.8. The predicted octanol–water partition coefficient (Wildman–Crippen LogP) is 4.06. The number of terminal acetylenes is 1. The van der Waals surface area contributed by atoms with Crippen molar-refractivity contribution >= 4 is 5.78 Å². The number of phenolic OH excluding ortho intramolecular Hbond substituents is 1. The van der Waals surface area contributed by atoms with Crippen LogP contribution in [0, 0.1) is 29.6 Å². The summed E-state index contributed by atoms with van der Waals surface area (Å²) in [6.45, 7) is 2.28. The van der Waals surface area contributed by atoms with E-state index in [0.29, 0.717) is 24.2 Å². The van der Waals surface area contributed by atoms with Crippen molar-refractivity contribution < 1.29 is 9.90 Å². The van der Waals surface area contributed by atoms with Gasteiger partial charge in [0.1, 0.15) is 5.75 Å². The highest BCUT2D eigenvalue weighted by Crippen LogP contribution is 2.60. The van der Waals surface area contributed by atoms with Crippen LogP contribution in [0.5, 0.6) is 5.75 Å². The maximum atomic E-state index is 12.6. The molecule has 0 aromatic heterocycles. The molecule has 3 aliphatic rings. The zero-order valence-electron chi connectivity index (χ0n) is 12.8. The molecule has 0 amide bonds. The van der Waals surface area contributed by atoms with E-state index >= 15 is 0 Å². The fourth-order valence-electron chi connectivity index (χ4n) is 5.18. The van der Waals surface area contributed by atoms with E-state index in [1.165, 1.54) is 0 Å². The lowest BCUT2D eigenvalue weighted by molar-refractivity contribution is 0.0636. The Bertz CT molecular complexity index is 737. The topological polar surface area (TPSA) is 37.3 Å². The van der Waals surface area contributed by atoms with E-state index in [-0.39, 0.29) is 16.9 Å². The van der Waals surface area contributed by atoms with Crippen molar-refractivity contribution in [3.8, 4) is 18.1 Å². The number of hydrogen-bond acceptors (Lipinski definition) is 2. The first-order valence-corrected chi connectivity index (χ1v) is 8.08. The van der Waals surface area contributed by atoms with E-state index in [1.54, 1.807) is 12.1 Å². The van der Waals surface area contributed by atoms with Crippen LogP contribution in [0.15, 0.2) is 29.8 Å². The molecule has 1 fully saturated rings. The maximum Gasteiger partial charge on any atom is 0.163 e. The molecular weight excluding hydrogens is 272 g/mol. The molecule has 2 heteroatoms. The first kappa shape index (κ1) is 13.6. The molecule has 0 aliphatic heterocycles. The van der Waals surface area contributed by atoms with Gasteiger partial charge in [-0.3, -0.25) is 4.79 Å². The Morgan fingerprint density at radius 1 is 1.41 bits per heavy atom. The number of ketones is 1. The van der Waals surface area contributed by atoms with Gasteiger partial charge in [-0.1, -0.05) is 25.0 Å². The molecule has 0 saturated heterocycles. The van der Waals surface area contributed by atoms with Gasteiger partial charge in [0, 0.05) is 23.0 Å². The summed E-state index contributed by atoms with van der Waals surface area (Å²) in [5.74, 6) is 4.52. The van der Waals surface area contributed by atoms with Crippen LogP contribution in [0.3, 0.4) is 0 Å². The highest BCUT2D eigenvalue weighted by Gasteiger charge is 2.52. The number of fused-ring (bicyclic) bond motifs is 5. The van der Waals surface area contributed by atoms with E-state index < -0.39 is 0 Å². The van der Waals surface area contributed by atoms with Crippen LogP contribution >= 0.6 is 0 Å². The van der Waals surface area contributed by atoms with Gasteiger partial charge in [-0.25, -0.2) is 0 Å². The Morgan fingerprint density at radius 3 is 3.00 bits per heavy atom. The van der Waals surface area contributed by atoms with Gasteiger partial charge < -0.3 is 5.11 Å². The summed E-state index contributed by atoms with van der Waals surface area (Å²) in [7, 11) is 0. The highest BCUT2D eigenvalue weighted by atomic mass is 16.3. The number of carbonyl (C=O) groups excluding carboxylic acids is 1. The van der Waals surface area contributed by atoms with Gasteiger partial charge in [-0.2, -0.15) is 0 Å². The average Bonchev–Trinajstić information content (AvgIpc) is 2.84. The van der Waals surface area contributed by atoms with Crippen LogP contribution in [0.4, 0.5) is 0 Å². The fourth-order valence-corrected chi connectivity index (χ4v) is 5.18. The monoisotopic (exact) mass is 292 g/mol. The number of phenols is 1. The van der Waals surface area contributed by atoms with Crippen molar-refractivity contribution in [2.75, 3.05) is 0 Å². The fraction of sp³-hybridized carbons (Fsp3) is 0.450. The average molecular weight is 292 g/mol. The first-order chi connectivity index (χ1) is 10.5. The lowest BCUT2D eigenvalue weighted by atomic mass is 9.54. The molecule has 112 valence electrons. The molecule has 1 aromatic carbocycles. The largest absolute Gasteiger partial charge is 0.508 e. The zero-order chi connectivity index (χ0) is 15.5. The third-order valence-electron chi connectivity index (χ3n) is 6.33. The standard InChI is InChI=1S/C20H20O2/c1-3-12-4-7-18-16-11-19(22)17-10-13(21)5-6-14(17)15(16)8-9-20(12,18)2/h1,4-6,10,15-16,18,21H,7-9,11H2,2H3/t15-,16-,18+,20-/m1/s1. The molecule has 1 aromatic rings. The molecule has 1 saturated carbocycles. The third-order valence-corrected chi connectivity index (χ3v) is 6.33. The van der Waals surface area contributed by atoms with Crippen molar-refractivity contribution in [1.82, 2.24) is 0 Å². The second kappa shape index (κ2) is 4.49. The summed E-state index contributed by atoms with van der Waals surface area (Å²) in [5, 5.41) is 9.68. The minimum absolute atomic E-state index is 0.0740. The van der Waals surface area contributed by atoms with E-state index in [2.05, 4.69) is 18.9 Å². The minimum atomic E-state index is 0.0740. The van der Waals surface area contributed by atoms with Crippen LogP contribution in [0.25, 0.3) is 0 Å². The lowest BCUT2D eigenvalue weighted by Gasteiger charge is -2.49. The minimum Gasteiger partial charge on any atom is -0.508 e. The number of aromatic hydroxyl groups is 1. The number of allylic oxidation sites excluding steroid dienone is 2. The summed E-state index contributed by atoms with van der Waals surface area (Å²) in [5.41, 5.74) is 3.08. The van der Waals surface area contributed by atoms with Gasteiger partial charge >= 0.3 is 0 Å². The Hall–Kier alpha value is -2.01. The summed E-state index contributed by atoms with van der Waals surface area (Å²) in [6, 6.07) is 5.30. The third kappa shape index (κ3) is 1.66. The highest BCUT2D eigenvalue weighted by molar-refractivity contribution is 5.99. The smallest absolute Gasteiger partial charge is 0.163 e. The van der Waals surface area contributed by atoms with Gasteiger partial charge in [0.25, 0.3) is 0 Å². The quantitative estimate of drug-likeness (QED) is 0.732. The summed E-state index contributed by atoms with van der Waals surface area (Å²) < 4.78 is 0. The van der Waals surface area contributed by atoms with Gasteiger partial charge in [0.2, 0.25) is 0 Å². The van der Waals surface area contributed by atoms with Crippen molar-refractivity contribution in [3.63, 3.8) is 0 Å². The molecule has 0 spiro atoms. The van der Waals surface area contributed by atoms with Gasteiger partial charge in [0.05, 0.1) is 0 Å². The second-order valence-electron chi connectivity index (χ2n) is 7.23. The molecule has 0 unspecified atom stereocenters. The van der Waals surface area contributed by atoms with Crippen LogP contribution in [-0.4, -0.2) is 10.9 Å². The Balaban J connectivity index is 1.77. The Kier molecular flexibility index (Phi) is 2.78. The van der Waals surface area contributed by atoms with E-state index in [0.717, 1.165) is 36.0 Å². The van der Waals surface area contributed by atoms with Crippen LogP contribution in [0.1, 0.15) is 54.4 Å². The maximum absolute atomic E-state index is 12.6. The number of hydrogen-bond donors (Lipinski definition) is 1. The molecule has 22 heavy (non-hydrogen) atoms. The van der Waals surface area contributed by atoms with Crippen molar-refractivity contribution in [2.45, 2.75) is 38.5 Å². The number of carbonyl (C=O) groups is 1. The van der Waals surface area contributed by atoms with Crippen LogP contribution in [0.2, 0.25) is 0 Å².